The van der Waals surface area contributed by atoms with E-state index >= 15 is 0 Å². The van der Waals surface area contributed by atoms with Crippen molar-refractivity contribution in [1.29, 1.82) is 0 Å². The lowest BCUT2D eigenvalue weighted by molar-refractivity contribution is -0.348. The summed E-state index contributed by atoms with van der Waals surface area (Å²) in [4.78, 5) is 0. The predicted molar refractivity (Wildman–Crippen MR) is 53.0 cm³/mol. The van der Waals surface area contributed by atoms with Crippen molar-refractivity contribution in [1.82, 2.24) is 0 Å². The maximum atomic E-state index is 13.7. The smallest absolute Gasteiger partial charge is 0.406 e. The minimum absolute atomic E-state index is 0.0915. The van der Waals surface area contributed by atoms with Crippen LogP contribution in [0.1, 0.15) is 5.56 Å². The monoisotopic (exact) mass is 364 g/mol. The average Bonchev–Trinajstić information content (AvgIpc) is 2.21. The van der Waals surface area contributed by atoms with Gasteiger partial charge in [-0.1, -0.05) is 11.6 Å². The minimum atomic E-state index is -6.48. The fourth-order valence-electron chi connectivity index (χ4n) is 1.44. The van der Waals surface area contributed by atoms with Gasteiger partial charge < -0.3 is 4.74 Å². The van der Waals surface area contributed by atoms with Crippen molar-refractivity contribution in [2.24, 2.45) is 0 Å². The van der Waals surface area contributed by atoms with Crippen molar-refractivity contribution >= 4 is 11.6 Å². The van der Waals surface area contributed by atoms with Crippen LogP contribution in [-0.2, 0) is 5.67 Å². The standard InChI is InChI=1S/C10H3ClF10O/c11-5-1-4(2-6(3-5)22-10(19,20)21)7(12,8(13,14)15)9(16,17)18/h1-3H. The number of alkyl halides is 10. The minimum Gasteiger partial charge on any atom is -0.406 e. The summed E-state index contributed by atoms with van der Waals surface area (Å²) in [5.74, 6) is -1.52. The van der Waals surface area contributed by atoms with Crippen molar-refractivity contribution in [2.75, 3.05) is 0 Å². The maximum Gasteiger partial charge on any atom is 0.573 e. The molecule has 0 saturated heterocycles. The van der Waals surface area contributed by atoms with E-state index in [2.05, 4.69) is 4.74 Å². The van der Waals surface area contributed by atoms with E-state index in [0.717, 1.165) is 0 Å². The van der Waals surface area contributed by atoms with Gasteiger partial charge in [-0.2, -0.15) is 26.3 Å². The van der Waals surface area contributed by atoms with Crippen LogP contribution in [0.15, 0.2) is 18.2 Å². The zero-order valence-electron chi connectivity index (χ0n) is 9.80. The zero-order chi connectivity index (χ0) is 17.6. The zero-order valence-corrected chi connectivity index (χ0v) is 10.6. The molecule has 0 N–H and O–H groups in total. The van der Waals surface area contributed by atoms with Crippen LogP contribution in [-0.4, -0.2) is 18.7 Å². The Labute approximate surface area is 120 Å². The quantitative estimate of drug-likeness (QED) is 0.627. The summed E-state index contributed by atoms with van der Waals surface area (Å²) in [5, 5.41) is -1.01. The molecular weight excluding hydrogens is 362 g/mol. The molecule has 126 valence electrons. The third-order valence-electron chi connectivity index (χ3n) is 2.28. The van der Waals surface area contributed by atoms with Gasteiger partial charge >= 0.3 is 24.4 Å². The second-order valence-electron chi connectivity index (χ2n) is 3.88. The Morgan fingerprint density at radius 3 is 1.55 bits per heavy atom. The first-order valence-corrected chi connectivity index (χ1v) is 5.35. The highest BCUT2D eigenvalue weighted by molar-refractivity contribution is 6.30. The van der Waals surface area contributed by atoms with Crippen LogP contribution in [0.4, 0.5) is 43.9 Å². The second-order valence-corrected chi connectivity index (χ2v) is 4.31. The molecule has 0 fully saturated rings. The van der Waals surface area contributed by atoms with Gasteiger partial charge in [-0.25, -0.2) is 4.39 Å². The number of ether oxygens (including phenoxy) is 1. The Morgan fingerprint density at radius 2 is 1.18 bits per heavy atom. The molecule has 1 rings (SSSR count). The first-order valence-electron chi connectivity index (χ1n) is 4.97. The fraction of sp³-hybridized carbons (Fsp3) is 0.400. The van der Waals surface area contributed by atoms with Crippen LogP contribution in [0.2, 0.25) is 5.02 Å². The van der Waals surface area contributed by atoms with Crippen LogP contribution in [0, 0.1) is 0 Å². The first-order chi connectivity index (χ1) is 9.58. The van der Waals surface area contributed by atoms with Crippen LogP contribution in [0.3, 0.4) is 0 Å². The van der Waals surface area contributed by atoms with Crippen molar-refractivity contribution in [3.63, 3.8) is 0 Å². The molecule has 0 saturated carbocycles. The van der Waals surface area contributed by atoms with Crippen molar-refractivity contribution in [3.8, 4) is 5.75 Å². The molecule has 0 aliphatic rings. The molecule has 0 bridgehead atoms. The van der Waals surface area contributed by atoms with E-state index in [1.54, 1.807) is 0 Å². The Balaban J connectivity index is 3.52. The highest BCUT2D eigenvalue weighted by Gasteiger charge is 2.73. The highest BCUT2D eigenvalue weighted by atomic mass is 35.5. The molecule has 12 heteroatoms. The van der Waals surface area contributed by atoms with Crippen molar-refractivity contribution < 1.29 is 48.6 Å². The van der Waals surface area contributed by atoms with Gasteiger partial charge in [0.15, 0.2) is 0 Å². The molecule has 1 aromatic carbocycles. The van der Waals surface area contributed by atoms with E-state index in [1.165, 1.54) is 0 Å². The van der Waals surface area contributed by atoms with Gasteiger partial charge in [-0.15, -0.1) is 13.2 Å². The summed E-state index contributed by atoms with van der Waals surface area (Å²) in [6, 6.07) is -0.183. The maximum absolute atomic E-state index is 13.7. The third kappa shape index (κ3) is 3.68. The SMILES string of the molecule is FC(F)(F)Oc1cc(Cl)cc(C(F)(C(F)(F)F)C(F)(F)F)c1. The van der Waals surface area contributed by atoms with Gasteiger partial charge in [-0.05, 0) is 18.2 Å². The summed E-state index contributed by atoms with van der Waals surface area (Å²) in [5.41, 5.74) is -8.09. The van der Waals surface area contributed by atoms with Crippen LogP contribution >= 0.6 is 11.6 Å². The normalized spacial score (nSPS) is 14.1. The average molecular weight is 365 g/mol. The highest BCUT2D eigenvalue weighted by Crippen LogP contribution is 2.54. The van der Waals surface area contributed by atoms with E-state index in [4.69, 9.17) is 11.6 Å². The van der Waals surface area contributed by atoms with Gasteiger partial charge in [0.1, 0.15) is 5.75 Å². The van der Waals surface area contributed by atoms with E-state index in [1.807, 2.05) is 0 Å². The van der Waals surface area contributed by atoms with E-state index in [-0.39, 0.29) is 18.2 Å². The van der Waals surface area contributed by atoms with E-state index in [9.17, 15) is 43.9 Å². The Kier molecular flexibility index (Phi) is 4.54. The van der Waals surface area contributed by atoms with Crippen LogP contribution < -0.4 is 4.74 Å². The number of hydrogen-bond donors (Lipinski definition) is 0. The molecule has 1 nitrogen and oxygen atoms in total. The third-order valence-corrected chi connectivity index (χ3v) is 2.50. The molecule has 22 heavy (non-hydrogen) atoms. The second kappa shape index (κ2) is 5.36. The van der Waals surface area contributed by atoms with Crippen LogP contribution in [0.25, 0.3) is 0 Å². The Hall–Kier alpha value is -1.39. The number of halogens is 11. The van der Waals surface area contributed by atoms with Crippen molar-refractivity contribution in [2.45, 2.75) is 24.4 Å². The van der Waals surface area contributed by atoms with Gasteiger partial charge in [0.25, 0.3) is 0 Å². The molecule has 0 aliphatic carbocycles. The molecule has 0 spiro atoms. The fourth-order valence-corrected chi connectivity index (χ4v) is 1.67. The molecule has 0 aromatic heterocycles. The van der Waals surface area contributed by atoms with E-state index < -0.39 is 40.7 Å². The molecule has 0 unspecified atom stereocenters. The lowest BCUT2D eigenvalue weighted by Crippen LogP contribution is -2.50. The van der Waals surface area contributed by atoms with Gasteiger partial charge in [0, 0.05) is 10.6 Å². The molecular formula is C10H3ClF10O. The topological polar surface area (TPSA) is 9.23 Å². The summed E-state index contributed by atoms with van der Waals surface area (Å²) < 4.78 is 128. The molecule has 0 amide bonds. The number of benzene rings is 1. The van der Waals surface area contributed by atoms with Gasteiger partial charge in [0.2, 0.25) is 0 Å². The molecule has 0 radical (unpaired) electrons. The summed E-state index contributed by atoms with van der Waals surface area (Å²) in [7, 11) is 0. The number of rotatable bonds is 2. The van der Waals surface area contributed by atoms with Crippen molar-refractivity contribution in [3.05, 3.63) is 28.8 Å². The van der Waals surface area contributed by atoms with Gasteiger partial charge in [-0.3, -0.25) is 0 Å². The Morgan fingerprint density at radius 1 is 0.727 bits per heavy atom. The Bertz CT molecular complexity index is 530. The summed E-state index contributed by atoms with van der Waals surface area (Å²) >= 11 is 5.14. The lowest BCUT2D eigenvalue weighted by Gasteiger charge is -2.30. The molecule has 0 aliphatic heterocycles. The molecule has 0 heterocycles. The summed E-state index contributed by atoms with van der Waals surface area (Å²) in [6.45, 7) is 0. The number of hydrogen-bond acceptors (Lipinski definition) is 1. The van der Waals surface area contributed by atoms with Crippen LogP contribution in [0.5, 0.6) is 5.75 Å². The molecule has 1 aromatic rings. The van der Waals surface area contributed by atoms with E-state index in [0.29, 0.717) is 0 Å². The van der Waals surface area contributed by atoms with Gasteiger partial charge in [0.05, 0.1) is 0 Å². The largest absolute Gasteiger partial charge is 0.573 e. The predicted octanol–water partition coefficient (Wildman–Crippen LogP) is 5.53. The first kappa shape index (κ1) is 18.7. The molecule has 0 atom stereocenters. The lowest BCUT2D eigenvalue weighted by atomic mass is 9.94. The summed E-state index contributed by atoms with van der Waals surface area (Å²) in [6.07, 6.45) is -18.4.